The number of fused-ring (bicyclic) bond motifs is 1. The monoisotopic (exact) mass is 364 g/mol. The van der Waals surface area contributed by atoms with E-state index in [4.69, 9.17) is 11.6 Å². The maximum Gasteiger partial charge on any atom is 0.168 e. The Labute approximate surface area is 134 Å². The van der Waals surface area contributed by atoms with Crippen molar-refractivity contribution in [2.75, 3.05) is 0 Å². The summed E-state index contributed by atoms with van der Waals surface area (Å²) in [6.07, 6.45) is 0.392. The van der Waals surface area contributed by atoms with Gasteiger partial charge in [0.15, 0.2) is 5.78 Å². The van der Waals surface area contributed by atoms with Gasteiger partial charge in [-0.05, 0) is 40.6 Å². The first-order valence-electron chi connectivity index (χ1n) is 6.08. The highest BCUT2D eigenvalue weighted by Gasteiger charge is 2.14. The van der Waals surface area contributed by atoms with Crippen LogP contribution in [0.2, 0.25) is 5.02 Å². The van der Waals surface area contributed by atoms with E-state index in [2.05, 4.69) is 33.4 Å². The second kappa shape index (κ2) is 5.68. The van der Waals surface area contributed by atoms with Gasteiger partial charge in [-0.3, -0.25) is 4.79 Å². The number of hydrogen-bond donors (Lipinski definition) is 0. The first-order valence-corrected chi connectivity index (χ1v) is 8.13. The average molecular weight is 366 g/mol. The maximum absolute atomic E-state index is 12.4. The number of carbonyl (C=O) groups is 1. The Morgan fingerprint density at radius 1 is 1.20 bits per heavy atom. The lowest BCUT2D eigenvalue weighted by Gasteiger charge is -2.04. The average Bonchev–Trinajstić information content (AvgIpc) is 2.85. The molecule has 1 aromatic heterocycles. The molecule has 3 rings (SSSR count). The van der Waals surface area contributed by atoms with E-state index < -0.39 is 0 Å². The highest BCUT2D eigenvalue weighted by Crippen LogP contribution is 2.28. The largest absolute Gasteiger partial charge is 0.294 e. The summed E-state index contributed by atoms with van der Waals surface area (Å²) in [4.78, 5) is 12.4. The molecule has 0 N–H and O–H groups in total. The van der Waals surface area contributed by atoms with Crippen LogP contribution >= 0.6 is 38.9 Å². The van der Waals surface area contributed by atoms with Gasteiger partial charge in [0, 0.05) is 26.2 Å². The van der Waals surface area contributed by atoms with Crippen LogP contribution in [0, 0.1) is 0 Å². The molecule has 0 unspecified atom stereocenters. The lowest BCUT2D eigenvalue weighted by Crippen LogP contribution is -2.04. The molecule has 0 aliphatic heterocycles. The van der Waals surface area contributed by atoms with Gasteiger partial charge in [-0.1, -0.05) is 45.7 Å². The van der Waals surface area contributed by atoms with Gasteiger partial charge in [0.25, 0.3) is 0 Å². The molecule has 0 fully saturated rings. The molecule has 0 saturated carbocycles. The third-order valence-electron chi connectivity index (χ3n) is 3.14. The number of Topliss-reactive ketones (excluding diaryl/α,β-unsaturated/α-hetero) is 1. The Morgan fingerprint density at radius 3 is 2.85 bits per heavy atom. The zero-order valence-electron chi connectivity index (χ0n) is 10.4. The van der Waals surface area contributed by atoms with Crippen LogP contribution in [0.4, 0.5) is 0 Å². The SMILES string of the molecule is O=C(Cc1csc2ccccc12)c1cc(Cl)ccc1Br. The highest BCUT2D eigenvalue weighted by atomic mass is 79.9. The summed E-state index contributed by atoms with van der Waals surface area (Å²) in [5.74, 6) is 0.0722. The summed E-state index contributed by atoms with van der Waals surface area (Å²) >= 11 is 11.0. The Kier molecular flexibility index (Phi) is 3.92. The molecule has 20 heavy (non-hydrogen) atoms. The second-order valence-corrected chi connectivity index (χ2v) is 6.68. The van der Waals surface area contributed by atoms with Crippen molar-refractivity contribution in [3.05, 3.63) is 68.5 Å². The van der Waals surface area contributed by atoms with Gasteiger partial charge < -0.3 is 0 Å². The molecule has 0 amide bonds. The summed E-state index contributed by atoms with van der Waals surface area (Å²) in [6, 6.07) is 13.4. The number of benzene rings is 2. The summed E-state index contributed by atoms with van der Waals surface area (Å²) in [7, 11) is 0. The van der Waals surface area contributed by atoms with E-state index in [-0.39, 0.29) is 5.78 Å². The fraction of sp³-hybridized carbons (Fsp3) is 0.0625. The summed E-state index contributed by atoms with van der Waals surface area (Å²) in [6.45, 7) is 0. The van der Waals surface area contributed by atoms with E-state index in [9.17, 15) is 4.79 Å². The van der Waals surface area contributed by atoms with E-state index in [0.29, 0.717) is 17.0 Å². The molecule has 0 bridgehead atoms. The van der Waals surface area contributed by atoms with Gasteiger partial charge in [0.05, 0.1) is 0 Å². The molecular weight excluding hydrogens is 356 g/mol. The quantitative estimate of drug-likeness (QED) is 0.541. The zero-order valence-corrected chi connectivity index (χ0v) is 13.6. The molecule has 0 atom stereocenters. The Bertz CT molecular complexity index is 794. The number of hydrogen-bond acceptors (Lipinski definition) is 2. The maximum atomic E-state index is 12.4. The lowest BCUT2D eigenvalue weighted by atomic mass is 10.0. The molecular formula is C16H10BrClOS. The van der Waals surface area contributed by atoms with E-state index in [0.717, 1.165) is 15.4 Å². The fourth-order valence-electron chi connectivity index (χ4n) is 2.15. The van der Waals surface area contributed by atoms with Gasteiger partial charge in [0.2, 0.25) is 0 Å². The molecule has 0 spiro atoms. The zero-order chi connectivity index (χ0) is 14.1. The smallest absolute Gasteiger partial charge is 0.168 e. The van der Waals surface area contributed by atoms with Crippen molar-refractivity contribution < 1.29 is 4.79 Å². The van der Waals surface area contributed by atoms with E-state index in [1.807, 2.05) is 12.1 Å². The van der Waals surface area contributed by atoms with Gasteiger partial charge in [-0.15, -0.1) is 11.3 Å². The molecule has 3 aromatic rings. The Hall–Kier alpha value is -1.16. The fourth-order valence-corrected chi connectivity index (χ4v) is 3.75. The predicted molar refractivity (Wildman–Crippen MR) is 89.0 cm³/mol. The van der Waals surface area contributed by atoms with Crippen LogP contribution in [0.3, 0.4) is 0 Å². The van der Waals surface area contributed by atoms with Crippen molar-refractivity contribution in [1.82, 2.24) is 0 Å². The Balaban J connectivity index is 1.94. The van der Waals surface area contributed by atoms with Gasteiger partial charge in [-0.2, -0.15) is 0 Å². The number of thiophene rings is 1. The molecule has 100 valence electrons. The molecule has 4 heteroatoms. The first kappa shape index (κ1) is 13.8. The number of halogens is 2. The standard InChI is InChI=1S/C16H10BrClOS/c17-14-6-5-11(18)8-13(14)15(19)7-10-9-20-16-4-2-1-3-12(10)16/h1-6,8-9H,7H2. The molecule has 2 aromatic carbocycles. The molecule has 1 nitrogen and oxygen atoms in total. The van der Waals surface area contributed by atoms with Crippen LogP contribution in [0.5, 0.6) is 0 Å². The van der Waals surface area contributed by atoms with Crippen LogP contribution in [-0.4, -0.2) is 5.78 Å². The van der Waals surface area contributed by atoms with E-state index in [1.54, 1.807) is 29.5 Å². The molecule has 0 radical (unpaired) electrons. The Morgan fingerprint density at radius 2 is 2.00 bits per heavy atom. The van der Waals surface area contributed by atoms with Crippen molar-refractivity contribution in [2.24, 2.45) is 0 Å². The van der Waals surface area contributed by atoms with Crippen LogP contribution < -0.4 is 0 Å². The minimum Gasteiger partial charge on any atom is -0.294 e. The third kappa shape index (κ3) is 2.66. The molecule has 0 aliphatic carbocycles. The summed E-state index contributed by atoms with van der Waals surface area (Å²) in [5.41, 5.74) is 1.70. The van der Waals surface area contributed by atoms with Crippen molar-refractivity contribution in [3.8, 4) is 0 Å². The summed E-state index contributed by atoms with van der Waals surface area (Å²) < 4.78 is 1.99. The van der Waals surface area contributed by atoms with Crippen molar-refractivity contribution >= 4 is 54.7 Å². The van der Waals surface area contributed by atoms with Crippen molar-refractivity contribution in [2.45, 2.75) is 6.42 Å². The molecule has 0 saturated heterocycles. The van der Waals surface area contributed by atoms with Crippen molar-refractivity contribution in [3.63, 3.8) is 0 Å². The van der Waals surface area contributed by atoms with Crippen LogP contribution in [-0.2, 0) is 6.42 Å². The van der Waals surface area contributed by atoms with Gasteiger partial charge in [-0.25, -0.2) is 0 Å². The minimum absolute atomic E-state index is 0.0722. The number of carbonyl (C=O) groups excluding carboxylic acids is 1. The summed E-state index contributed by atoms with van der Waals surface area (Å²) in [5, 5.41) is 3.79. The first-order chi connectivity index (χ1) is 9.65. The van der Waals surface area contributed by atoms with Gasteiger partial charge >= 0.3 is 0 Å². The normalized spacial score (nSPS) is 10.9. The lowest BCUT2D eigenvalue weighted by molar-refractivity contribution is 0.0992. The highest BCUT2D eigenvalue weighted by molar-refractivity contribution is 9.10. The van der Waals surface area contributed by atoms with E-state index in [1.165, 1.54) is 4.70 Å². The van der Waals surface area contributed by atoms with Crippen LogP contribution in [0.15, 0.2) is 52.3 Å². The number of rotatable bonds is 3. The molecule has 1 heterocycles. The number of ketones is 1. The third-order valence-corrected chi connectivity index (χ3v) is 5.08. The molecule has 0 aliphatic rings. The van der Waals surface area contributed by atoms with E-state index >= 15 is 0 Å². The topological polar surface area (TPSA) is 17.1 Å². The van der Waals surface area contributed by atoms with Crippen LogP contribution in [0.1, 0.15) is 15.9 Å². The van der Waals surface area contributed by atoms with Crippen LogP contribution in [0.25, 0.3) is 10.1 Å². The van der Waals surface area contributed by atoms with Gasteiger partial charge in [0.1, 0.15) is 0 Å². The minimum atomic E-state index is 0.0722. The predicted octanol–water partition coefficient (Wildman–Crippen LogP) is 5.74. The van der Waals surface area contributed by atoms with Crippen molar-refractivity contribution in [1.29, 1.82) is 0 Å². The second-order valence-electron chi connectivity index (χ2n) is 4.48.